The van der Waals surface area contributed by atoms with Crippen LogP contribution in [0.4, 0.5) is 5.69 Å². The highest BCUT2D eigenvalue weighted by atomic mass is 16.5. The minimum absolute atomic E-state index is 0.0322. The standard InChI is InChI=1S/C12H10N4O3/c1-18-11(17)10-7(13)6-16(15-10)12-14-8-4-2-3-5-9(8)19-12/h2-6H,13H2,1H3. The van der Waals surface area contributed by atoms with E-state index >= 15 is 0 Å². The van der Waals surface area contributed by atoms with Crippen molar-refractivity contribution in [3.8, 4) is 6.01 Å². The summed E-state index contributed by atoms with van der Waals surface area (Å²) in [5, 5.41) is 4.01. The van der Waals surface area contributed by atoms with Crippen molar-refractivity contribution in [2.75, 3.05) is 12.8 Å². The molecule has 1 aromatic carbocycles. The van der Waals surface area contributed by atoms with E-state index in [-0.39, 0.29) is 17.4 Å². The summed E-state index contributed by atoms with van der Waals surface area (Å²) >= 11 is 0. The lowest BCUT2D eigenvalue weighted by Gasteiger charge is -1.93. The van der Waals surface area contributed by atoms with Crippen LogP contribution in [0.5, 0.6) is 0 Å². The zero-order chi connectivity index (χ0) is 13.4. The number of nitrogen functional groups attached to an aromatic ring is 1. The van der Waals surface area contributed by atoms with E-state index in [9.17, 15) is 4.79 Å². The first-order valence-electron chi connectivity index (χ1n) is 5.48. The number of para-hydroxylation sites is 2. The second kappa shape index (κ2) is 4.13. The molecule has 2 heterocycles. The minimum atomic E-state index is -0.604. The highest BCUT2D eigenvalue weighted by Crippen LogP contribution is 2.19. The van der Waals surface area contributed by atoms with Crippen molar-refractivity contribution in [2.45, 2.75) is 0 Å². The summed E-state index contributed by atoms with van der Waals surface area (Å²) in [6.45, 7) is 0. The van der Waals surface area contributed by atoms with Gasteiger partial charge in [-0.15, -0.1) is 0 Å². The van der Waals surface area contributed by atoms with E-state index in [1.54, 1.807) is 6.07 Å². The molecule has 0 radical (unpaired) electrons. The SMILES string of the molecule is COC(=O)c1nn(-c2nc3ccccc3o2)cc1N. The molecular formula is C12H10N4O3. The van der Waals surface area contributed by atoms with Gasteiger partial charge < -0.3 is 14.9 Å². The van der Waals surface area contributed by atoms with Gasteiger partial charge in [-0.2, -0.15) is 14.8 Å². The first kappa shape index (κ1) is 11.3. The van der Waals surface area contributed by atoms with E-state index in [4.69, 9.17) is 10.2 Å². The Morgan fingerprint density at radius 2 is 2.21 bits per heavy atom. The lowest BCUT2D eigenvalue weighted by atomic mass is 10.3. The molecule has 3 aromatic rings. The molecule has 7 heteroatoms. The Kier molecular flexibility index (Phi) is 2.45. The van der Waals surface area contributed by atoms with Gasteiger partial charge in [-0.3, -0.25) is 0 Å². The van der Waals surface area contributed by atoms with Gasteiger partial charge in [-0.05, 0) is 12.1 Å². The van der Waals surface area contributed by atoms with Gasteiger partial charge in [0.25, 0.3) is 0 Å². The molecule has 0 aliphatic carbocycles. The van der Waals surface area contributed by atoms with Gasteiger partial charge in [0.15, 0.2) is 11.3 Å². The van der Waals surface area contributed by atoms with Crippen molar-refractivity contribution in [1.82, 2.24) is 14.8 Å². The number of rotatable bonds is 2. The molecule has 2 N–H and O–H groups in total. The summed E-state index contributed by atoms with van der Waals surface area (Å²) < 4.78 is 11.4. The average Bonchev–Trinajstić information content (AvgIpc) is 3.00. The Morgan fingerprint density at radius 3 is 2.95 bits per heavy atom. The van der Waals surface area contributed by atoms with Crippen molar-refractivity contribution in [3.05, 3.63) is 36.2 Å². The van der Waals surface area contributed by atoms with Crippen molar-refractivity contribution in [2.24, 2.45) is 0 Å². The molecule has 0 saturated carbocycles. The van der Waals surface area contributed by atoms with Crippen LogP contribution in [0.3, 0.4) is 0 Å². The zero-order valence-electron chi connectivity index (χ0n) is 10.0. The molecule has 3 rings (SSSR count). The number of anilines is 1. The second-order valence-corrected chi connectivity index (χ2v) is 3.83. The predicted molar refractivity (Wildman–Crippen MR) is 66.9 cm³/mol. The molecule has 0 atom stereocenters. The summed E-state index contributed by atoms with van der Waals surface area (Å²) in [6, 6.07) is 7.54. The van der Waals surface area contributed by atoms with E-state index in [0.29, 0.717) is 11.1 Å². The van der Waals surface area contributed by atoms with Crippen LogP contribution >= 0.6 is 0 Å². The van der Waals surface area contributed by atoms with Crippen molar-refractivity contribution in [1.29, 1.82) is 0 Å². The van der Waals surface area contributed by atoms with Crippen LogP contribution in [0, 0.1) is 0 Å². The molecular weight excluding hydrogens is 248 g/mol. The van der Waals surface area contributed by atoms with Gasteiger partial charge in [-0.1, -0.05) is 12.1 Å². The number of aromatic nitrogens is 3. The summed E-state index contributed by atoms with van der Waals surface area (Å²) in [6.07, 6.45) is 1.46. The summed E-state index contributed by atoms with van der Waals surface area (Å²) in [5.41, 5.74) is 7.26. The molecule has 0 aliphatic heterocycles. The van der Waals surface area contributed by atoms with Gasteiger partial charge in [0.2, 0.25) is 0 Å². The number of esters is 1. The fraction of sp³-hybridized carbons (Fsp3) is 0.0833. The summed E-state index contributed by atoms with van der Waals surface area (Å²) in [4.78, 5) is 15.7. The highest BCUT2D eigenvalue weighted by Gasteiger charge is 2.18. The normalized spacial score (nSPS) is 10.8. The number of hydrogen-bond acceptors (Lipinski definition) is 6. The van der Waals surface area contributed by atoms with Crippen molar-refractivity contribution in [3.63, 3.8) is 0 Å². The highest BCUT2D eigenvalue weighted by molar-refractivity contribution is 5.92. The number of carbonyl (C=O) groups excluding carboxylic acids is 1. The van der Waals surface area contributed by atoms with Crippen LogP contribution < -0.4 is 5.73 Å². The largest absolute Gasteiger partial charge is 0.464 e. The van der Waals surface area contributed by atoms with Crippen LogP contribution in [-0.4, -0.2) is 27.8 Å². The molecule has 0 spiro atoms. The van der Waals surface area contributed by atoms with Crippen LogP contribution in [-0.2, 0) is 4.74 Å². The van der Waals surface area contributed by atoms with Crippen LogP contribution in [0.2, 0.25) is 0 Å². The van der Waals surface area contributed by atoms with Crippen molar-refractivity contribution < 1.29 is 13.9 Å². The molecule has 7 nitrogen and oxygen atoms in total. The smallest absolute Gasteiger partial charge is 0.360 e. The summed E-state index contributed by atoms with van der Waals surface area (Å²) in [7, 11) is 1.26. The maximum atomic E-state index is 11.4. The monoisotopic (exact) mass is 258 g/mol. The van der Waals surface area contributed by atoms with Crippen molar-refractivity contribution >= 4 is 22.8 Å². The molecule has 0 fully saturated rings. The number of ether oxygens (including phenoxy) is 1. The Hall–Kier alpha value is -2.83. The lowest BCUT2D eigenvalue weighted by Crippen LogP contribution is -2.06. The van der Waals surface area contributed by atoms with Gasteiger partial charge >= 0.3 is 12.0 Å². The molecule has 2 aromatic heterocycles. The number of oxazole rings is 1. The fourth-order valence-electron chi connectivity index (χ4n) is 1.70. The minimum Gasteiger partial charge on any atom is -0.464 e. The Morgan fingerprint density at radius 1 is 1.42 bits per heavy atom. The average molecular weight is 258 g/mol. The Bertz CT molecular complexity index is 726. The second-order valence-electron chi connectivity index (χ2n) is 3.83. The van der Waals surface area contributed by atoms with Crippen LogP contribution in [0.25, 0.3) is 17.1 Å². The van der Waals surface area contributed by atoms with Gasteiger partial charge in [0.1, 0.15) is 5.52 Å². The summed E-state index contributed by atoms with van der Waals surface area (Å²) in [5.74, 6) is -0.604. The molecule has 0 amide bonds. The van der Waals surface area contributed by atoms with Gasteiger partial charge in [0, 0.05) is 0 Å². The molecule has 96 valence electrons. The quantitative estimate of drug-likeness (QED) is 0.697. The van der Waals surface area contributed by atoms with E-state index in [1.165, 1.54) is 18.0 Å². The Balaban J connectivity index is 2.09. The molecule has 19 heavy (non-hydrogen) atoms. The van der Waals surface area contributed by atoms with Crippen LogP contribution in [0.15, 0.2) is 34.9 Å². The third kappa shape index (κ3) is 1.81. The van der Waals surface area contributed by atoms with Gasteiger partial charge in [-0.25, -0.2) is 4.79 Å². The van der Waals surface area contributed by atoms with E-state index < -0.39 is 5.97 Å². The molecule has 0 saturated heterocycles. The number of nitrogens with zero attached hydrogens (tertiary/aromatic N) is 3. The number of methoxy groups -OCH3 is 1. The fourth-order valence-corrected chi connectivity index (χ4v) is 1.70. The third-order valence-corrected chi connectivity index (χ3v) is 2.60. The Labute approximate surface area is 107 Å². The number of carbonyl (C=O) groups is 1. The predicted octanol–water partition coefficient (Wildman–Crippen LogP) is 1.38. The number of fused-ring (bicyclic) bond motifs is 1. The topological polar surface area (TPSA) is 96.2 Å². The molecule has 0 unspecified atom stereocenters. The number of nitrogens with two attached hydrogens (primary N) is 1. The lowest BCUT2D eigenvalue weighted by molar-refractivity contribution is 0.0594. The maximum Gasteiger partial charge on any atom is 0.360 e. The zero-order valence-corrected chi connectivity index (χ0v) is 10.0. The molecule has 0 bridgehead atoms. The first-order valence-corrected chi connectivity index (χ1v) is 5.48. The number of benzene rings is 1. The maximum absolute atomic E-state index is 11.4. The molecule has 0 aliphatic rings. The first-order chi connectivity index (χ1) is 9.19. The van der Waals surface area contributed by atoms with E-state index in [1.807, 2.05) is 18.2 Å². The van der Waals surface area contributed by atoms with Crippen LogP contribution in [0.1, 0.15) is 10.5 Å². The van der Waals surface area contributed by atoms with Gasteiger partial charge in [0.05, 0.1) is 19.0 Å². The van der Waals surface area contributed by atoms with E-state index in [0.717, 1.165) is 0 Å². The third-order valence-electron chi connectivity index (χ3n) is 2.60. The van der Waals surface area contributed by atoms with E-state index in [2.05, 4.69) is 14.8 Å². The number of hydrogen-bond donors (Lipinski definition) is 1.